The second kappa shape index (κ2) is 52.5. The number of hydrogen-bond acceptors (Lipinski definition) is 3. The highest BCUT2D eigenvalue weighted by atomic mass is 16.5. The smallest absolute Gasteiger partial charge is 0.308 e. The van der Waals surface area contributed by atoms with E-state index in [0.717, 1.165) is 31.7 Å². The van der Waals surface area contributed by atoms with Gasteiger partial charge in [-0.05, 0) is 77.4 Å². The Morgan fingerprint density at radius 1 is 0.415 bits per heavy atom. The van der Waals surface area contributed by atoms with Gasteiger partial charge in [0.1, 0.15) is 0 Å². The minimum absolute atomic E-state index is 0.00237. The summed E-state index contributed by atoms with van der Waals surface area (Å²) in [6, 6.07) is 0. The van der Waals surface area contributed by atoms with Crippen LogP contribution in [0.4, 0.5) is 0 Å². The largest absolute Gasteiger partial charge is 0.465 e. The molecule has 0 fully saturated rings. The summed E-state index contributed by atoms with van der Waals surface area (Å²) in [5.74, 6) is 1.38. The molecule has 0 aromatic rings. The highest BCUT2D eigenvalue weighted by Gasteiger charge is 2.17. The van der Waals surface area contributed by atoms with Gasteiger partial charge in [-0.1, -0.05) is 303 Å². The van der Waals surface area contributed by atoms with Crippen LogP contribution < -0.4 is 0 Å². The first kappa shape index (κ1) is 64.2. The van der Waals surface area contributed by atoms with E-state index in [9.17, 15) is 4.79 Å². The summed E-state index contributed by atoms with van der Waals surface area (Å²) in [7, 11) is 4.21. The SMILES string of the molecule is CCCCCCCCCCCCCCCCCCC(=CC(C)CC(C)C(=O)OCCCCN(C)C)CCCCCCCCC(CCCCCCCCCC)CCCCCCCCCCC. The van der Waals surface area contributed by atoms with E-state index in [0.29, 0.717) is 12.5 Å². The van der Waals surface area contributed by atoms with Crippen LogP contribution in [0.25, 0.3) is 0 Å². The molecule has 0 aliphatic rings. The van der Waals surface area contributed by atoms with Crippen molar-refractivity contribution in [1.82, 2.24) is 4.90 Å². The van der Waals surface area contributed by atoms with Crippen LogP contribution in [0.3, 0.4) is 0 Å². The summed E-state index contributed by atoms with van der Waals surface area (Å²) in [5, 5.41) is 0. The molecule has 0 N–H and O–H groups in total. The average molecular weight is 915 g/mol. The summed E-state index contributed by atoms with van der Waals surface area (Å²) in [6.45, 7) is 13.0. The predicted octanol–water partition coefficient (Wildman–Crippen LogP) is 21.3. The predicted molar refractivity (Wildman–Crippen MR) is 293 cm³/mol. The number of allylic oxidation sites excluding steroid dienone is 2. The number of ether oxygens (including phenoxy) is 1. The Balaban J connectivity index is 4.72. The van der Waals surface area contributed by atoms with Crippen LogP contribution in [0, 0.1) is 17.8 Å². The van der Waals surface area contributed by atoms with E-state index in [1.165, 1.54) is 283 Å². The van der Waals surface area contributed by atoms with Gasteiger partial charge < -0.3 is 9.64 Å². The first-order valence-corrected chi connectivity index (χ1v) is 30.3. The van der Waals surface area contributed by atoms with Crippen LogP contribution in [-0.2, 0) is 9.53 Å². The Morgan fingerprint density at radius 3 is 1.05 bits per heavy atom. The van der Waals surface area contributed by atoms with Gasteiger partial charge >= 0.3 is 5.97 Å². The molecule has 0 spiro atoms. The molecule has 388 valence electrons. The molecular formula is C62H123NO2. The van der Waals surface area contributed by atoms with E-state index in [2.05, 4.69) is 59.7 Å². The van der Waals surface area contributed by atoms with Gasteiger partial charge in [-0.15, -0.1) is 0 Å². The summed E-state index contributed by atoms with van der Waals surface area (Å²) in [5.41, 5.74) is 1.67. The van der Waals surface area contributed by atoms with Crippen molar-refractivity contribution >= 4 is 5.97 Å². The molecule has 0 saturated carbocycles. The van der Waals surface area contributed by atoms with Crippen molar-refractivity contribution in [3.8, 4) is 0 Å². The van der Waals surface area contributed by atoms with E-state index in [1.54, 1.807) is 5.57 Å². The Kier molecular flexibility index (Phi) is 51.9. The standard InChI is InChI=1S/C62H123NO2/c1-8-11-14-17-20-23-24-25-26-27-28-29-31-34-40-45-52-61(57-58(4)56-59(5)62(64)65-55-48-47-54-63(6)7)53-46-41-36-35-39-44-51-60(49-42-37-32-22-19-16-13-10-3)50-43-38-33-30-21-18-15-12-9-2/h57-60H,8-56H2,1-7H3. The molecule has 0 aliphatic heterocycles. The molecule has 0 heterocycles. The number of esters is 1. The molecule has 0 saturated heterocycles. The molecule has 0 radical (unpaired) electrons. The zero-order valence-corrected chi connectivity index (χ0v) is 46.2. The lowest BCUT2D eigenvalue weighted by Gasteiger charge is -2.17. The van der Waals surface area contributed by atoms with Gasteiger partial charge in [0.15, 0.2) is 0 Å². The van der Waals surface area contributed by atoms with Gasteiger partial charge in [0.05, 0.1) is 12.5 Å². The molecule has 0 bridgehead atoms. The van der Waals surface area contributed by atoms with Gasteiger partial charge in [-0.3, -0.25) is 4.79 Å². The van der Waals surface area contributed by atoms with E-state index in [-0.39, 0.29) is 11.9 Å². The molecule has 65 heavy (non-hydrogen) atoms. The van der Waals surface area contributed by atoms with Crippen LogP contribution in [0.15, 0.2) is 11.6 Å². The monoisotopic (exact) mass is 914 g/mol. The highest BCUT2D eigenvalue weighted by Crippen LogP contribution is 2.27. The fraction of sp³-hybridized carbons (Fsp3) is 0.952. The molecule has 3 unspecified atom stereocenters. The molecular weight excluding hydrogens is 791 g/mol. The third kappa shape index (κ3) is 49.4. The highest BCUT2D eigenvalue weighted by molar-refractivity contribution is 5.71. The molecule has 3 nitrogen and oxygen atoms in total. The molecule has 3 atom stereocenters. The Hall–Kier alpha value is -0.830. The van der Waals surface area contributed by atoms with Crippen molar-refractivity contribution in [2.75, 3.05) is 27.2 Å². The lowest BCUT2D eigenvalue weighted by atomic mass is 9.89. The van der Waals surface area contributed by atoms with Crippen LogP contribution in [0.5, 0.6) is 0 Å². The van der Waals surface area contributed by atoms with Crippen molar-refractivity contribution in [2.24, 2.45) is 17.8 Å². The average Bonchev–Trinajstić information content (AvgIpc) is 3.29. The number of rotatable bonds is 54. The zero-order valence-electron chi connectivity index (χ0n) is 46.2. The lowest BCUT2D eigenvalue weighted by molar-refractivity contribution is -0.148. The molecule has 0 aliphatic carbocycles. The number of carbonyl (C=O) groups excluding carboxylic acids is 1. The maximum absolute atomic E-state index is 12.8. The van der Waals surface area contributed by atoms with Crippen molar-refractivity contribution in [3.63, 3.8) is 0 Å². The first-order chi connectivity index (χ1) is 31.8. The Labute approximate surface area is 411 Å². The Bertz CT molecular complexity index is 958. The van der Waals surface area contributed by atoms with Crippen molar-refractivity contribution < 1.29 is 9.53 Å². The van der Waals surface area contributed by atoms with Crippen LogP contribution >= 0.6 is 0 Å². The number of carbonyl (C=O) groups is 1. The van der Waals surface area contributed by atoms with Crippen LogP contribution in [0.2, 0.25) is 0 Å². The van der Waals surface area contributed by atoms with Crippen molar-refractivity contribution in [3.05, 3.63) is 11.6 Å². The molecule has 0 amide bonds. The molecule has 3 heteroatoms. The summed E-state index contributed by atoms with van der Waals surface area (Å²) in [4.78, 5) is 15.0. The third-order valence-electron chi connectivity index (χ3n) is 14.8. The molecule has 0 aromatic carbocycles. The maximum Gasteiger partial charge on any atom is 0.308 e. The van der Waals surface area contributed by atoms with Crippen molar-refractivity contribution in [2.45, 2.75) is 336 Å². The minimum Gasteiger partial charge on any atom is -0.465 e. The maximum atomic E-state index is 12.8. The Morgan fingerprint density at radius 2 is 0.723 bits per heavy atom. The van der Waals surface area contributed by atoms with Gasteiger partial charge in [-0.2, -0.15) is 0 Å². The number of nitrogens with zero attached hydrogens (tertiary/aromatic N) is 1. The fourth-order valence-corrected chi connectivity index (χ4v) is 10.4. The lowest BCUT2D eigenvalue weighted by Crippen LogP contribution is -2.18. The van der Waals surface area contributed by atoms with Gasteiger partial charge in [0.2, 0.25) is 0 Å². The van der Waals surface area contributed by atoms with Crippen LogP contribution in [-0.4, -0.2) is 38.1 Å². The van der Waals surface area contributed by atoms with Gasteiger partial charge in [0.25, 0.3) is 0 Å². The second-order valence-corrected chi connectivity index (χ2v) is 22.1. The van der Waals surface area contributed by atoms with E-state index >= 15 is 0 Å². The second-order valence-electron chi connectivity index (χ2n) is 22.1. The third-order valence-corrected chi connectivity index (χ3v) is 14.8. The van der Waals surface area contributed by atoms with E-state index < -0.39 is 0 Å². The van der Waals surface area contributed by atoms with E-state index in [1.807, 2.05) is 0 Å². The summed E-state index contributed by atoms with van der Waals surface area (Å²) in [6.07, 6.45) is 68.4. The van der Waals surface area contributed by atoms with Crippen molar-refractivity contribution in [1.29, 1.82) is 0 Å². The number of unbranched alkanes of at least 4 members (excludes halogenated alkanes) is 36. The summed E-state index contributed by atoms with van der Waals surface area (Å²) >= 11 is 0. The number of hydrogen-bond donors (Lipinski definition) is 0. The topological polar surface area (TPSA) is 29.5 Å². The minimum atomic E-state index is -0.0306. The first-order valence-electron chi connectivity index (χ1n) is 30.3. The summed E-state index contributed by atoms with van der Waals surface area (Å²) < 4.78 is 5.69. The van der Waals surface area contributed by atoms with E-state index in [4.69, 9.17) is 4.74 Å². The van der Waals surface area contributed by atoms with Gasteiger partial charge in [0, 0.05) is 0 Å². The normalized spacial score (nSPS) is 13.5. The van der Waals surface area contributed by atoms with Gasteiger partial charge in [-0.25, -0.2) is 0 Å². The quantitative estimate of drug-likeness (QED) is 0.0346. The fourth-order valence-electron chi connectivity index (χ4n) is 10.4. The molecule has 0 aromatic heterocycles. The molecule has 0 rings (SSSR count). The van der Waals surface area contributed by atoms with Crippen LogP contribution in [0.1, 0.15) is 336 Å². The zero-order chi connectivity index (χ0) is 47.5.